The van der Waals surface area contributed by atoms with Gasteiger partial charge in [-0.15, -0.1) is 11.3 Å². The third-order valence-corrected chi connectivity index (χ3v) is 3.51. The van der Waals surface area contributed by atoms with E-state index >= 15 is 0 Å². The van der Waals surface area contributed by atoms with E-state index in [0.29, 0.717) is 18.0 Å². The molecule has 2 N–H and O–H groups in total. The number of aromatic nitrogens is 1. The van der Waals surface area contributed by atoms with Crippen molar-refractivity contribution >= 4 is 17.0 Å². The number of rotatable bonds is 5. The molecule has 3 nitrogen and oxygen atoms in total. The van der Waals surface area contributed by atoms with E-state index in [4.69, 9.17) is 10.5 Å². The molecule has 0 saturated heterocycles. The van der Waals surface area contributed by atoms with E-state index in [1.807, 2.05) is 18.2 Å². The molecule has 0 fully saturated rings. The number of anilines is 1. The highest BCUT2D eigenvalue weighted by Gasteiger charge is 2.06. The van der Waals surface area contributed by atoms with Gasteiger partial charge >= 0.3 is 0 Å². The first-order chi connectivity index (χ1) is 8.74. The first-order valence-electron chi connectivity index (χ1n) is 5.82. The van der Waals surface area contributed by atoms with E-state index < -0.39 is 0 Å². The molecule has 2 rings (SSSR count). The van der Waals surface area contributed by atoms with Gasteiger partial charge < -0.3 is 10.5 Å². The van der Waals surface area contributed by atoms with Crippen molar-refractivity contribution in [1.82, 2.24) is 4.98 Å². The van der Waals surface area contributed by atoms with Crippen LogP contribution in [0.3, 0.4) is 0 Å². The van der Waals surface area contributed by atoms with Gasteiger partial charge in [0.05, 0.1) is 16.4 Å². The number of ether oxygens (including phenoxy) is 1. The lowest BCUT2D eigenvalue weighted by Gasteiger charge is -2.07. The molecule has 4 heteroatoms. The predicted octanol–water partition coefficient (Wildman–Crippen LogP) is 3.52. The second-order valence-electron chi connectivity index (χ2n) is 3.83. The average Bonchev–Trinajstić information content (AvgIpc) is 2.86. The van der Waals surface area contributed by atoms with Crippen LogP contribution in [-0.2, 0) is 6.42 Å². The Morgan fingerprint density at radius 1 is 1.50 bits per heavy atom. The summed E-state index contributed by atoms with van der Waals surface area (Å²) in [7, 11) is 0. The molecule has 0 radical (unpaired) electrons. The summed E-state index contributed by atoms with van der Waals surface area (Å²) >= 11 is 1.67. The van der Waals surface area contributed by atoms with Gasteiger partial charge in [-0.05, 0) is 24.6 Å². The second-order valence-corrected chi connectivity index (χ2v) is 4.77. The number of nitrogen functional groups attached to an aromatic ring is 1. The van der Waals surface area contributed by atoms with Crippen LogP contribution in [0.25, 0.3) is 11.3 Å². The van der Waals surface area contributed by atoms with E-state index in [1.54, 1.807) is 17.4 Å². The fraction of sp³-hybridized carbons (Fsp3) is 0.214. The molecule has 1 aromatic carbocycles. The van der Waals surface area contributed by atoms with E-state index in [2.05, 4.69) is 23.9 Å². The number of nitrogens with two attached hydrogens (primary N) is 1. The van der Waals surface area contributed by atoms with Crippen molar-refractivity contribution < 1.29 is 4.74 Å². The minimum atomic E-state index is 0.459. The largest absolute Gasteiger partial charge is 0.487 e. The maximum atomic E-state index is 5.96. The van der Waals surface area contributed by atoms with E-state index in [0.717, 1.165) is 22.7 Å². The Hall–Kier alpha value is -1.81. The quantitative estimate of drug-likeness (QED) is 0.661. The minimum absolute atomic E-state index is 0.459. The predicted molar refractivity (Wildman–Crippen MR) is 77.0 cm³/mol. The summed E-state index contributed by atoms with van der Waals surface area (Å²) in [6.45, 7) is 6.17. The van der Waals surface area contributed by atoms with Crippen molar-refractivity contribution in [3.05, 3.63) is 41.2 Å². The van der Waals surface area contributed by atoms with Crippen molar-refractivity contribution in [2.75, 3.05) is 12.3 Å². The smallest absolute Gasteiger partial charge is 0.142 e. The standard InChI is InChI=1S/C14H16N2OS/c1-3-7-17-13-6-5-10(8-11(13)15)12-9-18-14(4-2)16-12/h3,5-6,8-9H,1,4,7,15H2,2H3. The van der Waals surface area contributed by atoms with Gasteiger partial charge in [0.15, 0.2) is 0 Å². The third kappa shape index (κ3) is 2.71. The molecule has 0 aliphatic heterocycles. The monoisotopic (exact) mass is 260 g/mol. The molecule has 0 unspecified atom stereocenters. The summed E-state index contributed by atoms with van der Waals surface area (Å²) in [6.07, 6.45) is 2.65. The third-order valence-electron chi connectivity index (χ3n) is 2.52. The summed E-state index contributed by atoms with van der Waals surface area (Å²) in [5.41, 5.74) is 8.57. The summed E-state index contributed by atoms with van der Waals surface area (Å²) in [5, 5.41) is 3.19. The lowest BCUT2D eigenvalue weighted by Crippen LogP contribution is -1.97. The molecular formula is C14H16N2OS. The fourth-order valence-corrected chi connectivity index (χ4v) is 2.35. The Balaban J connectivity index is 2.24. The molecule has 0 aliphatic carbocycles. The van der Waals surface area contributed by atoms with Crippen LogP contribution in [0.1, 0.15) is 11.9 Å². The van der Waals surface area contributed by atoms with Crippen molar-refractivity contribution in [3.8, 4) is 17.0 Å². The number of hydrogen-bond acceptors (Lipinski definition) is 4. The topological polar surface area (TPSA) is 48.1 Å². The van der Waals surface area contributed by atoms with Gasteiger partial charge in [-0.2, -0.15) is 0 Å². The average molecular weight is 260 g/mol. The van der Waals surface area contributed by atoms with Crippen molar-refractivity contribution in [1.29, 1.82) is 0 Å². The van der Waals surface area contributed by atoms with Gasteiger partial charge in [0.1, 0.15) is 12.4 Å². The van der Waals surface area contributed by atoms with Crippen molar-refractivity contribution in [2.24, 2.45) is 0 Å². The lowest BCUT2D eigenvalue weighted by atomic mass is 10.1. The highest BCUT2D eigenvalue weighted by Crippen LogP contribution is 2.29. The molecule has 0 spiro atoms. The van der Waals surface area contributed by atoms with E-state index in [1.165, 1.54) is 0 Å². The molecule has 18 heavy (non-hydrogen) atoms. The molecule has 0 atom stereocenters. The maximum Gasteiger partial charge on any atom is 0.142 e. The van der Waals surface area contributed by atoms with Crippen LogP contribution in [0.15, 0.2) is 36.2 Å². The Labute approximate surface area is 111 Å². The zero-order chi connectivity index (χ0) is 13.0. The van der Waals surface area contributed by atoms with Crippen LogP contribution in [0, 0.1) is 0 Å². The summed E-state index contributed by atoms with van der Waals surface area (Å²) in [6, 6.07) is 5.75. The number of aryl methyl sites for hydroxylation is 1. The zero-order valence-corrected chi connectivity index (χ0v) is 11.2. The zero-order valence-electron chi connectivity index (χ0n) is 10.3. The molecule has 2 aromatic rings. The van der Waals surface area contributed by atoms with Gasteiger partial charge in [-0.3, -0.25) is 0 Å². The van der Waals surface area contributed by atoms with Crippen molar-refractivity contribution in [3.63, 3.8) is 0 Å². The number of hydrogen-bond donors (Lipinski definition) is 1. The number of nitrogens with zero attached hydrogens (tertiary/aromatic N) is 1. The highest BCUT2D eigenvalue weighted by atomic mass is 32.1. The Morgan fingerprint density at radius 2 is 2.33 bits per heavy atom. The highest BCUT2D eigenvalue weighted by molar-refractivity contribution is 7.09. The van der Waals surface area contributed by atoms with Gasteiger partial charge in [0, 0.05) is 10.9 Å². The molecular weight excluding hydrogens is 244 g/mol. The lowest BCUT2D eigenvalue weighted by molar-refractivity contribution is 0.365. The van der Waals surface area contributed by atoms with Crippen LogP contribution < -0.4 is 10.5 Å². The molecule has 0 amide bonds. The SMILES string of the molecule is C=CCOc1ccc(-c2csc(CC)n2)cc1N. The molecule has 94 valence electrons. The summed E-state index contributed by atoms with van der Waals surface area (Å²) in [4.78, 5) is 4.54. The van der Waals surface area contributed by atoms with Gasteiger partial charge in [0.25, 0.3) is 0 Å². The number of benzene rings is 1. The summed E-state index contributed by atoms with van der Waals surface area (Å²) < 4.78 is 5.44. The molecule has 1 aromatic heterocycles. The minimum Gasteiger partial charge on any atom is -0.487 e. The molecule has 0 saturated carbocycles. The Kier molecular flexibility index (Phi) is 3.99. The van der Waals surface area contributed by atoms with Gasteiger partial charge in [-0.1, -0.05) is 19.6 Å². The summed E-state index contributed by atoms with van der Waals surface area (Å²) in [5.74, 6) is 0.685. The number of thiazole rings is 1. The van der Waals surface area contributed by atoms with Gasteiger partial charge in [-0.25, -0.2) is 4.98 Å². The first-order valence-corrected chi connectivity index (χ1v) is 6.70. The van der Waals surface area contributed by atoms with Crippen molar-refractivity contribution in [2.45, 2.75) is 13.3 Å². The van der Waals surface area contributed by atoms with Gasteiger partial charge in [0.2, 0.25) is 0 Å². The van der Waals surface area contributed by atoms with Crippen LogP contribution in [0.5, 0.6) is 5.75 Å². The van der Waals surface area contributed by atoms with Crippen LogP contribution in [0.2, 0.25) is 0 Å². The van der Waals surface area contributed by atoms with Crippen LogP contribution in [-0.4, -0.2) is 11.6 Å². The van der Waals surface area contributed by atoms with E-state index in [-0.39, 0.29) is 0 Å². The van der Waals surface area contributed by atoms with Crippen LogP contribution in [0.4, 0.5) is 5.69 Å². The second kappa shape index (κ2) is 5.69. The molecule has 1 heterocycles. The Morgan fingerprint density at radius 3 is 2.94 bits per heavy atom. The van der Waals surface area contributed by atoms with Crippen LogP contribution >= 0.6 is 11.3 Å². The normalized spacial score (nSPS) is 10.3. The van der Waals surface area contributed by atoms with E-state index in [9.17, 15) is 0 Å². The molecule has 0 aliphatic rings. The fourth-order valence-electron chi connectivity index (χ4n) is 1.59. The molecule has 0 bridgehead atoms. The Bertz CT molecular complexity index is 548. The first kappa shape index (κ1) is 12.6. The maximum absolute atomic E-state index is 5.96.